The summed E-state index contributed by atoms with van der Waals surface area (Å²) in [5, 5.41) is 29.3. The van der Waals surface area contributed by atoms with E-state index in [1.807, 2.05) is 0 Å². The Kier molecular flexibility index (Phi) is 5.85. The summed E-state index contributed by atoms with van der Waals surface area (Å²) in [6.07, 6.45) is -4.69. The first kappa shape index (κ1) is 21.2. The van der Waals surface area contributed by atoms with Gasteiger partial charge in [0.05, 0.1) is 16.5 Å². The van der Waals surface area contributed by atoms with Crippen LogP contribution in [0.3, 0.4) is 0 Å². The van der Waals surface area contributed by atoms with Crippen molar-refractivity contribution in [3.8, 4) is 0 Å². The Labute approximate surface area is 175 Å². The molecule has 1 aliphatic rings. The molecule has 0 radical (unpaired) electrons. The fraction of sp³-hybridized carbons (Fsp3) is 0.263. The van der Waals surface area contributed by atoms with E-state index in [0.717, 1.165) is 0 Å². The van der Waals surface area contributed by atoms with Crippen LogP contribution in [0.2, 0.25) is 10.0 Å². The van der Waals surface area contributed by atoms with Crippen LogP contribution in [-0.2, 0) is 4.74 Å². The van der Waals surface area contributed by atoms with Crippen LogP contribution in [0.4, 0.5) is 0 Å². The summed E-state index contributed by atoms with van der Waals surface area (Å²) in [6.45, 7) is 0. The van der Waals surface area contributed by atoms with Gasteiger partial charge in [0.25, 0.3) is 0 Å². The van der Waals surface area contributed by atoms with Gasteiger partial charge in [-0.3, -0.25) is 9.59 Å². The number of hydrogen-bond donors (Lipinski definition) is 3. The van der Waals surface area contributed by atoms with E-state index in [-0.39, 0.29) is 21.2 Å². The van der Waals surface area contributed by atoms with Crippen molar-refractivity contribution in [2.24, 2.45) is 0 Å². The van der Waals surface area contributed by atoms with E-state index in [2.05, 4.69) is 0 Å². The summed E-state index contributed by atoms with van der Waals surface area (Å²) >= 11 is 17.8. The molecule has 0 saturated carbocycles. The van der Waals surface area contributed by atoms with E-state index in [1.165, 1.54) is 36.4 Å². The summed E-state index contributed by atoms with van der Waals surface area (Å²) in [5.74, 6) is -1.86. The molecule has 1 heterocycles. The minimum absolute atomic E-state index is 0.0385. The lowest BCUT2D eigenvalue weighted by atomic mass is 9.82. The average molecular weight is 446 g/mol. The molecule has 0 bridgehead atoms. The first-order valence-electron chi connectivity index (χ1n) is 8.14. The first-order valence-corrected chi connectivity index (χ1v) is 9.28. The standard InChI is InChI=1S/C19H15Cl3O6/c20-12-7-3-1-5-10(12)14(23)15(24)17-18(26,9-19(22,27)28-17)16(25)11-6-2-4-8-13(11)21/h1-8,15,17,24,26-27H,9H2/t15?,17-,18-,19-/m1/s1. The van der Waals surface area contributed by atoms with Crippen molar-refractivity contribution in [2.45, 2.75) is 29.5 Å². The second-order valence-electron chi connectivity index (χ2n) is 6.43. The maximum absolute atomic E-state index is 13.0. The number of ketones is 2. The summed E-state index contributed by atoms with van der Waals surface area (Å²) < 4.78 is 5.08. The van der Waals surface area contributed by atoms with Crippen LogP contribution in [-0.4, -0.2) is 49.9 Å². The van der Waals surface area contributed by atoms with Crippen molar-refractivity contribution >= 4 is 46.4 Å². The molecule has 0 aliphatic carbocycles. The number of benzene rings is 2. The second kappa shape index (κ2) is 7.72. The van der Waals surface area contributed by atoms with Crippen molar-refractivity contribution in [3.05, 3.63) is 69.7 Å². The molecule has 0 aromatic heterocycles. The smallest absolute Gasteiger partial charge is 0.249 e. The van der Waals surface area contributed by atoms with Gasteiger partial charge in [-0.1, -0.05) is 59.1 Å². The third-order valence-electron chi connectivity index (χ3n) is 4.47. The van der Waals surface area contributed by atoms with Crippen LogP contribution < -0.4 is 0 Å². The van der Waals surface area contributed by atoms with Crippen LogP contribution >= 0.6 is 34.8 Å². The molecule has 4 atom stereocenters. The maximum Gasteiger partial charge on any atom is 0.249 e. The number of aliphatic hydroxyl groups is 3. The molecule has 28 heavy (non-hydrogen) atoms. The minimum Gasteiger partial charge on any atom is -0.382 e. The Morgan fingerprint density at radius 1 is 1.00 bits per heavy atom. The number of ether oxygens (including phenoxy) is 1. The van der Waals surface area contributed by atoms with E-state index in [1.54, 1.807) is 12.1 Å². The highest BCUT2D eigenvalue weighted by Gasteiger charge is 2.62. The number of carbonyl (C=O) groups is 2. The van der Waals surface area contributed by atoms with E-state index in [4.69, 9.17) is 39.5 Å². The third-order valence-corrected chi connectivity index (χ3v) is 5.35. The zero-order valence-corrected chi connectivity index (χ0v) is 16.4. The molecule has 2 aromatic rings. The highest BCUT2D eigenvalue weighted by Crippen LogP contribution is 2.43. The van der Waals surface area contributed by atoms with Gasteiger partial charge in [-0.2, -0.15) is 0 Å². The molecular formula is C19H15Cl3O6. The van der Waals surface area contributed by atoms with Crippen LogP contribution in [0.25, 0.3) is 0 Å². The van der Waals surface area contributed by atoms with Gasteiger partial charge in [0.1, 0.15) is 12.2 Å². The van der Waals surface area contributed by atoms with Crippen molar-refractivity contribution in [1.82, 2.24) is 0 Å². The topological polar surface area (TPSA) is 104 Å². The van der Waals surface area contributed by atoms with Crippen LogP contribution in [0.1, 0.15) is 27.1 Å². The second-order valence-corrected chi connectivity index (χ2v) is 7.83. The highest BCUT2D eigenvalue weighted by atomic mass is 35.5. The van der Waals surface area contributed by atoms with Gasteiger partial charge in [0.15, 0.2) is 17.2 Å². The maximum atomic E-state index is 13.0. The molecule has 1 saturated heterocycles. The fourth-order valence-electron chi connectivity index (χ4n) is 3.14. The normalized spacial score (nSPS) is 28.1. The molecule has 3 N–H and O–H groups in total. The van der Waals surface area contributed by atoms with Crippen molar-refractivity contribution < 1.29 is 29.6 Å². The Morgan fingerprint density at radius 3 is 2.04 bits per heavy atom. The lowest BCUT2D eigenvalue weighted by molar-refractivity contribution is -0.154. The van der Waals surface area contributed by atoms with E-state index < -0.39 is 41.0 Å². The Bertz CT molecular complexity index is 931. The predicted molar refractivity (Wildman–Crippen MR) is 103 cm³/mol. The SMILES string of the molecule is O=C(c1ccccc1Cl)C(O)[C@H]1O[C@@](O)(Cl)C[C@@]1(O)C(=O)c1ccccc1Cl. The summed E-state index contributed by atoms with van der Waals surface area (Å²) in [4.78, 5) is 25.7. The number of halogens is 3. The molecule has 6 nitrogen and oxygen atoms in total. The molecule has 0 spiro atoms. The van der Waals surface area contributed by atoms with E-state index >= 15 is 0 Å². The number of carbonyl (C=O) groups excluding carboxylic acids is 2. The summed E-state index contributed by atoms with van der Waals surface area (Å²) in [7, 11) is 0. The lowest BCUT2D eigenvalue weighted by Gasteiger charge is -2.29. The molecule has 3 rings (SSSR count). The van der Waals surface area contributed by atoms with Gasteiger partial charge in [-0.15, -0.1) is 0 Å². The van der Waals surface area contributed by atoms with Gasteiger partial charge >= 0.3 is 0 Å². The zero-order valence-electron chi connectivity index (χ0n) is 14.2. The number of alkyl halides is 1. The van der Waals surface area contributed by atoms with Gasteiger partial charge in [-0.25, -0.2) is 0 Å². The fourth-order valence-corrected chi connectivity index (χ4v) is 3.89. The highest BCUT2D eigenvalue weighted by molar-refractivity contribution is 6.35. The molecule has 9 heteroatoms. The Hall–Kier alpha value is -1.51. The molecule has 1 aliphatic heterocycles. The Morgan fingerprint density at radius 2 is 1.50 bits per heavy atom. The van der Waals surface area contributed by atoms with Gasteiger partial charge in [-0.05, 0) is 24.3 Å². The number of aliphatic hydroxyl groups excluding tert-OH is 1. The largest absolute Gasteiger partial charge is 0.382 e. The van der Waals surface area contributed by atoms with Crippen LogP contribution in [0.15, 0.2) is 48.5 Å². The minimum atomic E-state index is -2.52. The molecule has 1 unspecified atom stereocenters. The zero-order chi connectivity index (χ0) is 20.7. The quantitative estimate of drug-likeness (QED) is 0.483. The molecule has 1 fully saturated rings. The average Bonchev–Trinajstić information content (AvgIpc) is 2.91. The summed E-state index contributed by atoms with van der Waals surface area (Å²) in [5.41, 5.74) is -2.64. The van der Waals surface area contributed by atoms with E-state index in [9.17, 15) is 24.9 Å². The predicted octanol–water partition coefficient (Wildman–Crippen LogP) is 2.82. The van der Waals surface area contributed by atoms with Crippen LogP contribution in [0.5, 0.6) is 0 Å². The number of Topliss-reactive ketones (excluding diaryl/α,β-unsaturated/α-hetero) is 2. The number of rotatable bonds is 5. The first-order chi connectivity index (χ1) is 13.1. The van der Waals surface area contributed by atoms with Crippen molar-refractivity contribution in [3.63, 3.8) is 0 Å². The van der Waals surface area contributed by atoms with E-state index in [0.29, 0.717) is 0 Å². The van der Waals surface area contributed by atoms with Gasteiger partial charge < -0.3 is 20.1 Å². The van der Waals surface area contributed by atoms with Crippen LogP contribution in [0, 0.1) is 0 Å². The number of hydrogen-bond acceptors (Lipinski definition) is 6. The molecule has 2 aromatic carbocycles. The monoisotopic (exact) mass is 444 g/mol. The van der Waals surface area contributed by atoms with Crippen molar-refractivity contribution in [1.29, 1.82) is 0 Å². The lowest BCUT2D eigenvalue weighted by Crippen LogP contribution is -2.54. The molecule has 148 valence electrons. The molecular weight excluding hydrogens is 431 g/mol. The van der Waals surface area contributed by atoms with Gasteiger partial charge in [0.2, 0.25) is 5.25 Å². The summed E-state index contributed by atoms with van der Waals surface area (Å²) in [6, 6.07) is 11.8. The third kappa shape index (κ3) is 3.82. The molecule has 0 amide bonds. The Balaban J connectivity index is 2.00. The van der Waals surface area contributed by atoms with Gasteiger partial charge in [0, 0.05) is 11.1 Å². The van der Waals surface area contributed by atoms with Crippen molar-refractivity contribution in [2.75, 3.05) is 0 Å².